The molecule has 14 N–H and O–H groups in total. The number of unbranched alkanes of at least 4 members (excludes halogenated alkanes) is 1. The topological polar surface area (TPSA) is 351 Å². The van der Waals surface area contributed by atoms with E-state index in [9.17, 15) is 48.6 Å². The Labute approximate surface area is 366 Å². The SMILES string of the molecule is NCCCC[C@H](N)C(=O)N[C@@H](CCCN=C(N)N)C(=O)N1CCC[C@H]1C(=O)N1CCC[C@H]1C(=O)NCC(=O)N[C@@H](Cc1ccccc1)C(=O)N[C@@H](CO)C(=O)N1CCC[C@H]1C(=O)O. The summed E-state index contributed by atoms with van der Waals surface area (Å²) in [5, 5.41) is 29.9. The molecule has 4 rings (SSSR count). The molecule has 0 saturated carbocycles. The number of aliphatic carboxylic acids is 1. The lowest BCUT2D eigenvalue weighted by atomic mass is 10.0. The average Bonchev–Trinajstić information content (AvgIpc) is 4.07. The van der Waals surface area contributed by atoms with Crippen molar-refractivity contribution in [1.82, 2.24) is 36.0 Å². The van der Waals surface area contributed by atoms with Crippen molar-refractivity contribution in [2.24, 2.45) is 27.9 Å². The van der Waals surface area contributed by atoms with E-state index in [0.29, 0.717) is 69.9 Å². The maximum Gasteiger partial charge on any atom is 0.326 e. The number of nitrogens with one attached hydrogen (secondary N) is 4. The third-order valence-electron chi connectivity index (χ3n) is 11.5. The Morgan fingerprint density at radius 1 is 0.730 bits per heavy atom. The number of aliphatic hydroxyl groups excluding tert-OH is 1. The maximum atomic E-state index is 14.1. The van der Waals surface area contributed by atoms with Gasteiger partial charge in [-0.3, -0.25) is 38.6 Å². The van der Waals surface area contributed by atoms with E-state index < -0.39 is 103 Å². The van der Waals surface area contributed by atoms with Crippen LogP contribution in [-0.2, 0) is 44.8 Å². The second-order valence-electron chi connectivity index (χ2n) is 16.1. The second-order valence-corrected chi connectivity index (χ2v) is 16.1. The minimum atomic E-state index is -1.47. The lowest BCUT2D eigenvalue weighted by Gasteiger charge is -2.33. The van der Waals surface area contributed by atoms with Gasteiger partial charge in [-0.05, 0) is 76.3 Å². The van der Waals surface area contributed by atoms with Crippen LogP contribution in [0, 0.1) is 0 Å². The summed E-state index contributed by atoms with van der Waals surface area (Å²) in [7, 11) is 0. The Hall–Kier alpha value is -5.87. The Balaban J connectivity index is 1.39. The number of benzene rings is 1. The zero-order valence-electron chi connectivity index (χ0n) is 35.6. The van der Waals surface area contributed by atoms with Crippen LogP contribution in [0.5, 0.6) is 0 Å². The zero-order chi connectivity index (χ0) is 46.1. The molecule has 7 atom stereocenters. The Morgan fingerprint density at radius 2 is 1.33 bits per heavy atom. The smallest absolute Gasteiger partial charge is 0.326 e. The second kappa shape index (κ2) is 24.7. The van der Waals surface area contributed by atoms with E-state index in [1.54, 1.807) is 30.3 Å². The highest BCUT2D eigenvalue weighted by atomic mass is 16.4. The molecule has 63 heavy (non-hydrogen) atoms. The van der Waals surface area contributed by atoms with Crippen molar-refractivity contribution >= 4 is 53.3 Å². The Bertz CT molecular complexity index is 1800. The highest BCUT2D eigenvalue weighted by Crippen LogP contribution is 2.26. The quantitative estimate of drug-likeness (QED) is 0.0288. The van der Waals surface area contributed by atoms with Gasteiger partial charge in [-0.2, -0.15) is 0 Å². The molecule has 3 heterocycles. The summed E-state index contributed by atoms with van der Waals surface area (Å²) in [4.78, 5) is 115. The molecule has 1 aromatic carbocycles. The number of rotatable bonds is 23. The first kappa shape index (κ1) is 49.8. The van der Waals surface area contributed by atoms with E-state index in [-0.39, 0.29) is 51.4 Å². The van der Waals surface area contributed by atoms with E-state index in [1.165, 1.54) is 9.80 Å². The van der Waals surface area contributed by atoms with E-state index in [0.717, 1.165) is 4.90 Å². The molecule has 3 aliphatic rings. The normalized spacial score (nSPS) is 20.2. The Kier molecular flexibility index (Phi) is 19.5. The van der Waals surface area contributed by atoms with Gasteiger partial charge < -0.3 is 69.1 Å². The van der Waals surface area contributed by atoms with E-state index in [2.05, 4.69) is 26.3 Å². The highest BCUT2D eigenvalue weighted by Gasteiger charge is 2.44. The molecule has 0 aliphatic carbocycles. The predicted octanol–water partition coefficient (Wildman–Crippen LogP) is -3.64. The number of guanidine groups is 1. The van der Waals surface area contributed by atoms with Gasteiger partial charge in [-0.1, -0.05) is 36.8 Å². The minimum Gasteiger partial charge on any atom is -0.480 e. The third-order valence-corrected chi connectivity index (χ3v) is 11.5. The van der Waals surface area contributed by atoms with Crippen molar-refractivity contribution in [3.63, 3.8) is 0 Å². The molecular formula is C41H64N12O10. The summed E-state index contributed by atoms with van der Waals surface area (Å²) in [6.45, 7) is -0.120. The van der Waals surface area contributed by atoms with E-state index >= 15 is 0 Å². The molecule has 0 radical (unpaired) electrons. The molecule has 22 heteroatoms. The lowest BCUT2D eigenvalue weighted by molar-refractivity contribution is -0.150. The molecule has 3 fully saturated rings. The van der Waals surface area contributed by atoms with Crippen molar-refractivity contribution < 1.29 is 48.6 Å². The molecule has 348 valence electrons. The van der Waals surface area contributed by atoms with Crippen LogP contribution in [0.25, 0.3) is 0 Å². The summed E-state index contributed by atoms with van der Waals surface area (Å²) in [5.41, 5.74) is 23.3. The number of aliphatic imine (C=N–C) groups is 1. The largest absolute Gasteiger partial charge is 0.480 e. The number of carbonyl (C=O) groups is 8. The van der Waals surface area contributed by atoms with Gasteiger partial charge in [0.2, 0.25) is 41.4 Å². The van der Waals surface area contributed by atoms with Crippen LogP contribution in [0.2, 0.25) is 0 Å². The van der Waals surface area contributed by atoms with Crippen LogP contribution in [0.15, 0.2) is 35.3 Å². The van der Waals surface area contributed by atoms with Crippen LogP contribution in [0.1, 0.15) is 76.2 Å². The monoisotopic (exact) mass is 884 g/mol. The molecule has 3 aliphatic heterocycles. The van der Waals surface area contributed by atoms with Crippen LogP contribution in [0.3, 0.4) is 0 Å². The molecule has 7 amide bonds. The molecule has 3 saturated heterocycles. The first-order valence-corrected chi connectivity index (χ1v) is 21.6. The van der Waals surface area contributed by atoms with E-state index in [4.69, 9.17) is 22.9 Å². The number of carboxylic acids is 1. The van der Waals surface area contributed by atoms with E-state index in [1.807, 2.05) is 0 Å². The summed E-state index contributed by atoms with van der Waals surface area (Å²) in [5.74, 6) is -5.71. The molecule has 0 aromatic heterocycles. The lowest BCUT2D eigenvalue weighted by Crippen LogP contribution is -2.58. The van der Waals surface area contributed by atoms with Gasteiger partial charge in [0.05, 0.1) is 19.2 Å². The van der Waals surface area contributed by atoms with Crippen molar-refractivity contribution in [3.05, 3.63) is 35.9 Å². The molecular weight excluding hydrogens is 821 g/mol. The van der Waals surface area contributed by atoms with Crippen molar-refractivity contribution in [3.8, 4) is 0 Å². The third kappa shape index (κ3) is 14.3. The first-order chi connectivity index (χ1) is 30.2. The summed E-state index contributed by atoms with van der Waals surface area (Å²) >= 11 is 0. The number of nitrogens with two attached hydrogens (primary N) is 4. The van der Waals surface area contributed by atoms with Gasteiger partial charge in [-0.25, -0.2) is 4.79 Å². The van der Waals surface area contributed by atoms with Crippen LogP contribution < -0.4 is 44.2 Å². The summed E-state index contributed by atoms with van der Waals surface area (Å²) in [6.07, 6.45) is 4.47. The van der Waals surface area contributed by atoms with Crippen LogP contribution in [-0.4, -0.2) is 166 Å². The maximum absolute atomic E-state index is 14.1. The molecule has 22 nitrogen and oxygen atoms in total. The van der Waals surface area contributed by atoms with Gasteiger partial charge in [0.25, 0.3) is 0 Å². The molecule has 1 aromatic rings. The predicted molar refractivity (Wildman–Crippen MR) is 229 cm³/mol. The van der Waals surface area contributed by atoms with Gasteiger partial charge in [0.15, 0.2) is 5.96 Å². The minimum absolute atomic E-state index is 0.0237. The number of hydrogen-bond acceptors (Lipinski definition) is 12. The van der Waals surface area contributed by atoms with Crippen molar-refractivity contribution in [2.45, 2.75) is 119 Å². The van der Waals surface area contributed by atoms with Gasteiger partial charge in [-0.15, -0.1) is 0 Å². The highest BCUT2D eigenvalue weighted by molar-refractivity contribution is 5.97. The number of carbonyl (C=O) groups excluding carboxylic acids is 7. The fourth-order valence-corrected chi connectivity index (χ4v) is 8.20. The van der Waals surface area contributed by atoms with Crippen molar-refractivity contribution in [1.29, 1.82) is 0 Å². The van der Waals surface area contributed by atoms with Crippen LogP contribution >= 0.6 is 0 Å². The summed E-state index contributed by atoms with van der Waals surface area (Å²) in [6, 6.07) is 1.10. The number of likely N-dealkylation sites (tertiary alicyclic amines) is 3. The standard InChI is InChI=1S/C41H64N12O10/c42-17-5-4-12-26(43)34(56)49-27(13-6-18-46-41(44)45)37(59)52-20-8-15-31(52)39(61)51-19-7-14-30(51)36(58)47-23-33(55)48-28(22-25-10-2-1-3-11-25)35(57)50-29(24-54)38(60)53-21-9-16-32(53)40(62)63/h1-3,10-11,26-32,54H,4-9,12-24,42-43H2,(H,47,58)(H,48,55)(H,49,56)(H,50,57)(H,62,63)(H4,44,45,46)/t26-,27-,28-,29-,30-,31-,32-/m0/s1. The van der Waals surface area contributed by atoms with Crippen LogP contribution in [0.4, 0.5) is 0 Å². The number of amides is 7. The van der Waals surface area contributed by atoms with Crippen molar-refractivity contribution in [2.75, 3.05) is 45.9 Å². The first-order valence-electron chi connectivity index (χ1n) is 21.6. The zero-order valence-corrected chi connectivity index (χ0v) is 35.6. The van der Waals surface area contributed by atoms with Gasteiger partial charge in [0, 0.05) is 32.6 Å². The van der Waals surface area contributed by atoms with Gasteiger partial charge in [0.1, 0.15) is 36.3 Å². The Morgan fingerprint density at radius 3 is 1.97 bits per heavy atom. The van der Waals surface area contributed by atoms with Gasteiger partial charge >= 0.3 is 5.97 Å². The fraction of sp³-hybridized carbons (Fsp3) is 0.634. The number of nitrogens with zero attached hydrogens (tertiary/aromatic N) is 4. The average molecular weight is 885 g/mol. The number of hydrogen-bond donors (Lipinski definition) is 10. The number of carboxylic acid groups (broad SMARTS) is 1. The summed E-state index contributed by atoms with van der Waals surface area (Å²) < 4.78 is 0. The number of aliphatic hydroxyl groups is 1. The molecule has 0 unspecified atom stereocenters. The fourth-order valence-electron chi connectivity index (χ4n) is 8.20. The molecule has 0 bridgehead atoms. The molecule has 0 spiro atoms.